The van der Waals surface area contributed by atoms with Gasteiger partial charge in [0, 0.05) is 22.7 Å². The molecule has 2 aromatic carbocycles. The lowest BCUT2D eigenvalue weighted by Gasteiger charge is -2.03. The molecule has 0 bridgehead atoms. The van der Waals surface area contributed by atoms with E-state index in [-0.39, 0.29) is 11.6 Å². The Hall–Kier alpha value is -2.67. The lowest BCUT2D eigenvalue weighted by atomic mass is 10.1. The molecule has 1 N–H and O–H groups in total. The molecule has 0 spiro atoms. The van der Waals surface area contributed by atoms with Crippen molar-refractivity contribution in [1.29, 1.82) is 0 Å². The van der Waals surface area contributed by atoms with Crippen molar-refractivity contribution in [3.05, 3.63) is 65.2 Å². The predicted octanol–water partition coefficient (Wildman–Crippen LogP) is 4.04. The monoisotopic (exact) mass is 331 g/mol. The smallest absolute Gasteiger partial charge is 0.257 e. The number of hydrogen-bond donors (Lipinski definition) is 1. The number of aryl methyl sites for hydroxylation is 1. The molecule has 1 amide bonds. The lowest BCUT2D eigenvalue weighted by molar-refractivity contribution is 0.102. The van der Waals surface area contributed by atoms with E-state index in [0.717, 1.165) is 11.5 Å². The number of anilines is 1. The van der Waals surface area contributed by atoms with Crippen LogP contribution in [0.4, 0.5) is 13.9 Å². The molecule has 3 rings (SSSR count). The summed E-state index contributed by atoms with van der Waals surface area (Å²) in [4.78, 5) is 16.3. The Labute approximate surface area is 135 Å². The number of carbonyl (C=O) groups is 1. The highest BCUT2D eigenvalue weighted by Crippen LogP contribution is 2.22. The van der Waals surface area contributed by atoms with Crippen LogP contribution in [0.15, 0.2) is 42.5 Å². The van der Waals surface area contributed by atoms with E-state index in [1.54, 1.807) is 19.1 Å². The minimum atomic E-state index is -0.394. The molecule has 0 aliphatic rings. The Balaban J connectivity index is 1.77. The molecule has 1 aromatic heterocycles. The number of benzene rings is 2. The number of hydrogen-bond acceptors (Lipinski definition) is 4. The molecule has 0 aliphatic heterocycles. The maximum atomic E-state index is 13.2. The minimum Gasteiger partial charge on any atom is -0.297 e. The lowest BCUT2D eigenvalue weighted by Crippen LogP contribution is -2.12. The summed E-state index contributed by atoms with van der Waals surface area (Å²) in [6.07, 6.45) is 0. The third-order valence-electron chi connectivity index (χ3n) is 3.17. The first-order valence-corrected chi connectivity index (χ1v) is 7.47. The van der Waals surface area contributed by atoms with Gasteiger partial charge in [0.25, 0.3) is 5.91 Å². The van der Waals surface area contributed by atoms with Gasteiger partial charge in [0.15, 0.2) is 5.82 Å². The third kappa shape index (κ3) is 3.40. The minimum absolute atomic E-state index is 0.316. The Morgan fingerprint density at radius 2 is 1.87 bits per heavy atom. The van der Waals surface area contributed by atoms with E-state index in [1.165, 1.54) is 30.3 Å². The van der Waals surface area contributed by atoms with Gasteiger partial charge in [0.05, 0.1) is 0 Å². The van der Waals surface area contributed by atoms with Crippen molar-refractivity contribution >= 4 is 22.6 Å². The van der Waals surface area contributed by atoms with Crippen LogP contribution in [0.5, 0.6) is 0 Å². The van der Waals surface area contributed by atoms with Crippen LogP contribution in [-0.2, 0) is 0 Å². The van der Waals surface area contributed by atoms with E-state index in [9.17, 15) is 13.6 Å². The van der Waals surface area contributed by atoms with Gasteiger partial charge < -0.3 is 0 Å². The molecule has 0 radical (unpaired) electrons. The normalized spacial score (nSPS) is 10.6. The molecule has 0 saturated heterocycles. The summed E-state index contributed by atoms with van der Waals surface area (Å²) in [6, 6.07) is 9.87. The van der Waals surface area contributed by atoms with E-state index in [0.29, 0.717) is 27.6 Å². The second-order valence-corrected chi connectivity index (χ2v) is 5.60. The number of nitrogens with zero attached hydrogens (tertiary/aromatic N) is 2. The predicted molar refractivity (Wildman–Crippen MR) is 84.4 cm³/mol. The van der Waals surface area contributed by atoms with Crippen molar-refractivity contribution in [1.82, 2.24) is 9.36 Å². The summed E-state index contributed by atoms with van der Waals surface area (Å²) in [7, 11) is 0. The van der Waals surface area contributed by atoms with E-state index < -0.39 is 5.91 Å². The number of aromatic nitrogens is 2. The number of carbonyl (C=O) groups excluding carboxylic acids is 1. The highest BCUT2D eigenvalue weighted by molar-refractivity contribution is 7.10. The molecular formula is C16H11F2N3OS. The fourth-order valence-corrected chi connectivity index (χ4v) is 2.53. The van der Waals surface area contributed by atoms with Crippen molar-refractivity contribution in [3.63, 3.8) is 0 Å². The van der Waals surface area contributed by atoms with Crippen LogP contribution >= 0.6 is 11.5 Å². The van der Waals surface area contributed by atoms with Crippen molar-refractivity contribution in [2.75, 3.05) is 5.32 Å². The fraction of sp³-hybridized carbons (Fsp3) is 0.0625. The molecule has 0 unspecified atom stereocenters. The molecule has 7 heteroatoms. The largest absolute Gasteiger partial charge is 0.297 e. The number of amides is 1. The highest BCUT2D eigenvalue weighted by Gasteiger charge is 2.12. The number of nitrogens with one attached hydrogen (secondary N) is 1. The Morgan fingerprint density at radius 1 is 1.13 bits per heavy atom. The van der Waals surface area contributed by atoms with Gasteiger partial charge in [0.1, 0.15) is 11.6 Å². The van der Waals surface area contributed by atoms with E-state index in [4.69, 9.17) is 0 Å². The molecule has 3 aromatic rings. The molecule has 4 nitrogen and oxygen atoms in total. The SMILES string of the molecule is Cc1cc(C(=O)Nc2nc(-c3ccc(F)cc3)ns2)ccc1F. The molecule has 0 fully saturated rings. The number of rotatable bonds is 3. The zero-order chi connectivity index (χ0) is 16.4. The standard InChI is InChI=1S/C16H11F2N3OS/c1-9-8-11(4-7-13(9)18)15(22)20-16-19-14(21-23-16)10-2-5-12(17)6-3-10/h2-8H,1H3,(H,19,20,21,22). The van der Waals surface area contributed by atoms with Crippen molar-refractivity contribution < 1.29 is 13.6 Å². The van der Waals surface area contributed by atoms with Crippen LogP contribution in [0.3, 0.4) is 0 Å². The molecule has 0 saturated carbocycles. The molecule has 0 aliphatic carbocycles. The highest BCUT2D eigenvalue weighted by atomic mass is 32.1. The van der Waals surface area contributed by atoms with Crippen LogP contribution in [0.2, 0.25) is 0 Å². The summed E-state index contributed by atoms with van der Waals surface area (Å²) >= 11 is 1.02. The maximum Gasteiger partial charge on any atom is 0.257 e. The van der Waals surface area contributed by atoms with Gasteiger partial charge in [-0.2, -0.15) is 9.36 Å². The van der Waals surface area contributed by atoms with Crippen LogP contribution in [0.1, 0.15) is 15.9 Å². The first-order valence-electron chi connectivity index (χ1n) is 6.70. The second-order valence-electron chi connectivity index (χ2n) is 4.85. The fourth-order valence-electron chi connectivity index (χ4n) is 1.95. The van der Waals surface area contributed by atoms with Gasteiger partial charge in [-0.15, -0.1) is 0 Å². The van der Waals surface area contributed by atoms with Gasteiger partial charge in [0.2, 0.25) is 5.13 Å². The van der Waals surface area contributed by atoms with Crippen LogP contribution in [0, 0.1) is 18.6 Å². The second kappa shape index (κ2) is 6.21. The Kier molecular flexibility index (Phi) is 4.12. The third-order valence-corrected chi connectivity index (χ3v) is 3.80. The summed E-state index contributed by atoms with van der Waals surface area (Å²) in [6.45, 7) is 1.59. The Bertz CT molecular complexity index is 862. The van der Waals surface area contributed by atoms with Crippen LogP contribution in [0.25, 0.3) is 11.4 Å². The van der Waals surface area contributed by atoms with Gasteiger partial charge in [-0.3, -0.25) is 10.1 Å². The average Bonchev–Trinajstić information content (AvgIpc) is 2.99. The van der Waals surface area contributed by atoms with Crippen LogP contribution in [-0.4, -0.2) is 15.3 Å². The number of halogens is 2. The van der Waals surface area contributed by atoms with Gasteiger partial charge in [-0.25, -0.2) is 8.78 Å². The Morgan fingerprint density at radius 3 is 2.57 bits per heavy atom. The quantitative estimate of drug-likeness (QED) is 0.788. The van der Waals surface area contributed by atoms with Crippen LogP contribution < -0.4 is 5.32 Å². The maximum absolute atomic E-state index is 13.2. The average molecular weight is 331 g/mol. The zero-order valence-corrected chi connectivity index (χ0v) is 12.8. The van der Waals surface area contributed by atoms with E-state index in [2.05, 4.69) is 14.7 Å². The summed E-state index contributed by atoms with van der Waals surface area (Å²) < 4.78 is 30.3. The summed E-state index contributed by atoms with van der Waals surface area (Å²) in [5.41, 5.74) is 1.38. The van der Waals surface area contributed by atoms with E-state index in [1.807, 2.05) is 0 Å². The first-order chi connectivity index (χ1) is 11.0. The first kappa shape index (κ1) is 15.2. The van der Waals surface area contributed by atoms with Gasteiger partial charge in [-0.1, -0.05) is 0 Å². The van der Waals surface area contributed by atoms with Crippen molar-refractivity contribution in [2.24, 2.45) is 0 Å². The topological polar surface area (TPSA) is 54.9 Å². The van der Waals surface area contributed by atoms with Gasteiger partial charge >= 0.3 is 0 Å². The van der Waals surface area contributed by atoms with Gasteiger partial charge in [-0.05, 0) is 55.0 Å². The molecule has 1 heterocycles. The molecule has 116 valence electrons. The summed E-state index contributed by atoms with van der Waals surface area (Å²) in [5.74, 6) is -0.698. The summed E-state index contributed by atoms with van der Waals surface area (Å²) in [5, 5.41) is 2.93. The van der Waals surface area contributed by atoms with Crippen molar-refractivity contribution in [2.45, 2.75) is 6.92 Å². The molecule has 23 heavy (non-hydrogen) atoms. The zero-order valence-electron chi connectivity index (χ0n) is 12.0. The molecule has 0 atom stereocenters. The van der Waals surface area contributed by atoms with E-state index >= 15 is 0 Å². The van der Waals surface area contributed by atoms with Crippen molar-refractivity contribution in [3.8, 4) is 11.4 Å². The molecular weight excluding hydrogens is 320 g/mol.